The summed E-state index contributed by atoms with van der Waals surface area (Å²) in [5.74, 6) is -1.32. The van der Waals surface area contributed by atoms with E-state index >= 15 is 0 Å². The summed E-state index contributed by atoms with van der Waals surface area (Å²) in [5.41, 5.74) is 0. The number of aliphatic carboxylic acids is 1. The minimum Gasteiger partial charge on any atom is -0.550 e. The Morgan fingerprint density at radius 2 is 1.96 bits per heavy atom. The minimum atomic E-state index is -1.02. The number of unbranched alkanes of at least 4 members (excludes halogenated alkanes) is 5. The van der Waals surface area contributed by atoms with E-state index in [1.807, 2.05) is 6.08 Å². The molecule has 1 aliphatic rings. The second-order valence-corrected chi connectivity index (χ2v) is 7.19. The van der Waals surface area contributed by atoms with Gasteiger partial charge in [-0.15, -0.1) is 0 Å². The van der Waals surface area contributed by atoms with Crippen LogP contribution in [0.2, 0.25) is 0 Å². The van der Waals surface area contributed by atoms with E-state index in [1.54, 1.807) is 6.08 Å². The smallest absolute Gasteiger partial charge is 0.139 e. The average molecular weight is 353 g/mol. The molecule has 1 saturated carbocycles. The first-order valence-electron chi connectivity index (χ1n) is 9.72. The van der Waals surface area contributed by atoms with E-state index in [4.69, 9.17) is 0 Å². The molecule has 2 N–H and O–H groups in total. The van der Waals surface area contributed by atoms with E-state index in [-0.39, 0.29) is 30.5 Å². The normalized spacial score (nSPS) is 24.9. The highest BCUT2D eigenvalue weighted by molar-refractivity contribution is 5.84. The van der Waals surface area contributed by atoms with Gasteiger partial charge >= 0.3 is 0 Å². The van der Waals surface area contributed by atoms with Crippen molar-refractivity contribution >= 4 is 11.8 Å². The zero-order valence-electron chi connectivity index (χ0n) is 15.4. The lowest BCUT2D eigenvalue weighted by atomic mass is 9.88. The molecular weight excluding hydrogens is 320 g/mol. The van der Waals surface area contributed by atoms with Crippen molar-refractivity contribution in [2.75, 3.05) is 0 Å². The number of carboxylic acid groups (broad SMARTS) is 1. The Kier molecular flexibility index (Phi) is 10.7. The SMILES string of the molecule is CCCCCC(O)/C=C/[C@H]1C(O)CC(=O)[C@@H]1CCCCCCC(=O)[O-]. The average Bonchev–Trinajstić information content (AvgIpc) is 2.82. The molecule has 4 atom stereocenters. The standard InChI is InChI=1S/C20H34O5/c1-2-3-6-9-15(21)12-13-17-16(18(22)14-19(17)23)10-7-4-5-8-11-20(24)25/h12-13,15-17,19,21,23H,2-11,14H2,1H3,(H,24,25)/p-1/b13-12+/t15?,16-,17-,19?/m1/s1. The highest BCUT2D eigenvalue weighted by Crippen LogP contribution is 2.34. The zero-order valence-corrected chi connectivity index (χ0v) is 15.4. The fourth-order valence-corrected chi connectivity index (χ4v) is 3.54. The van der Waals surface area contributed by atoms with E-state index in [1.165, 1.54) is 0 Å². The van der Waals surface area contributed by atoms with Gasteiger partial charge in [0, 0.05) is 24.2 Å². The van der Waals surface area contributed by atoms with Gasteiger partial charge in [-0.2, -0.15) is 0 Å². The van der Waals surface area contributed by atoms with Crippen molar-refractivity contribution in [3.63, 3.8) is 0 Å². The van der Waals surface area contributed by atoms with Crippen LogP contribution in [-0.2, 0) is 9.59 Å². The summed E-state index contributed by atoms with van der Waals surface area (Å²) < 4.78 is 0. The van der Waals surface area contributed by atoms with Gasteiger partial charge in [0.1, 0.15) is 5.78 Å². The van der Waals surface area contributed by atoms with Gasteiger partial charge in [-0.1, -0.05) is 57.6 Å². The third-order valence-corrected chi connectivity index (χ3v) is 5.04. The van der Waals surface area contributed by atoms with E-state index in [0.29, 0.717) is 19.3 Å². The molecule has 0 radical (unpaired) electrons. The summed E-state index contributed by atoms with van der Waals surface area (Å²) in [6.07, 6.45) is 10.4. The van der Waals surface area contributed by atoms with E-state index < -0.39 is 18.2 Å². The van der Waals surface area contributed by atoms with Gasteiger partial charge in [-0.05, 0) is 25.7 Å². The molecule has 0 amide bonds. The maximum absolute atomic E-state index is 12.1. The first kappa shape index (κ1) is 21.8. The van der Waals surface area contributed by atoms with E-state index in [9.17, 15) is 24.9 Å². The summed E-state index contributed by atoms with van der Waals surface area (Å²) in [6, 6.07) is 0. The monoisotopic (exact) mass is 353 g/mol. The molecule has 0 spiro atoms. The van der Waals surface area contributed by atoms with Crippen LogP contribution in [0.15, 0.2) is 12.2 Å². The molecule has 25 heavy (non-hydrogen) atoms. The summed E-state index contributed by atoms with van der Waals surface area (Å²) >= 11 is 0. The highest BCUT2D eigenvalue weighted by Gasteiger charge is 2.39. The number of aliphatic hydroxyl groups excluding tert-OH is 2. The number of carboxylic acids is 1. The Labute approximate surface area is 151 Å². The Hall–Kier alpha value is -1.20. The molecule has 5 nitrogen and oxygen atoms in total. The van der Waals surface area contributed by atoms with E-state index in [2.05, 4.69) is 6.92 Å². The minimum absolute atomic E-state index is 0.0857. The molecule has 1 rings (SSSR count). The third kappa shape index (κ3) is 8.63. The second kappa shape index (κ2) is 12.2. The molecule has 0 heterocycles. The van der Waals surface area contributed by atoms with Crippen LogP contribution in [0, 0.1) is 11.8 Å². The summed E-state index contributed by atoms with van der Waals surface area (Å²) in [5, 5.41) is 30.5. The lowest BCUT2D eigenvalue weighted by Gasteiger charge is -2.18. The first-order chi connectivity index (χ1) is 12.0. The van der Waals surface area contributed by atoms with Gasteiger partial charge in [-0.3, -0.25) is 4.79 Å². The molecule has 0 aliphatic heterocycles. The lowest BCUT2D eigenvalue weighted by Crippen LogP contribution is -2.21. The molecule has 144 valence electrons. The van der Waals surface area contributed by atoms with Crippen LogP contribution < -0.4 is 5.11 Å². The molecule has 0 saturated heterocycles. The second-order valence-electron chi connectivity index (χ2n) is 7.19. The molecule has 0 aromatic rings. The summed E-state index contributed by atoms with van der Waals surface area (Å²) in [6.45, 7) is 2.12. The number of rotatable bonds is 13. The number of Topliss-reactive ketones (excluding diaryl/α,β-unsaturated/α-hetero) is 1. The predicted molar refractivity (Wildman–Crippen MR) is 94.6 cm³/mol. The van der Waals surface area contributed by atoms with Crippen molar-refractivity contribution in [1.82, 2.24) is 0 Å². The van der Waals surface area contributed by atoms with Gasteiger partial charge in [0.15, 0.2) is 0 Å². The maximum Gasteiger partial charge on any atom is 0.139 e. The lowest BCUT2D eigenvalue weighted by molar-refractivity contribution is -0.305. The quantitative estimate of drug-likeness (QED) is 0.390. The van der Waals surface area contributed by atoms with Gasteiger partial charge in [0.05, 0.1) is 12.2 Å². The summed E-state index contributed by atoms with van der Waals surface area (Å²) in [7, 11) is 0. The maximum atomic E-state index is 12.1. The molecule has 5 heteroatoms. The van der Waals surface area contributed by atoms with Crippen LogP contribution in [0.25, 0.3) is 0 Å². The topological polar surface area (TPSA) is 97.7 Å². The van der Waals surface area contributed by atoms with Gasteiger partial charge in [0.2, 0.25) is 0 Å². The fourth-order valence-electron chi connectivity index (χ4n) is 3.54. The molecule has 2 unspecified atom stereocenters. The molecular formula is C20H33O5-. The number of hydrogen-bond donors (Lipinski definition) is 2. The Balaban J connectivity index is 2.39. The van der Waals surface area contributed by atoms with Crippen molar-refractivity contribution in [1.29, 1.82) is 0 Å². The number of carbonyl (C=O) groups is 2. The van der Waals surface area contributed by atoms with Crippen LogP contribution in [0.3, 0.4) is 0 Å². The van der Waals surface area contributed by atoms with Gasteiger partial charge in [-0.25, -0.2) is 0 Å². The molecule has 0 bridgehead atoms. The Morgan fingerprint density at radius 3 is 2.64 bits per heavy atom. The molecule has 0 aromatic heterocycles. The van der Waals surface area contributed by atoms with Crippen molar-refractivity contribution in [3.05, 3.63) is 12.2 Å². The molecule has 1 fully saturated rings. The van der Waals surface area contributed by atoms with Crippen molar-refractivity contribution in [2.45, 2.75) is 89.8 Å². The van der Waals surface area contributed by atoms with Crippen LogP contribution in [0.5, 0.6) is 0 Å². The van der Waals surface area contributed by atoms with Crippen LogP contribution >= 0.6 is 0 Å². The van der Waals surface area contributed by atoms with Crippen molar-refractivity contribution < 1.29 is 24.9 Å². The third-order valence-electron chi connectivity index (χ3n) is 5.04. The van der Waals surface area contributed by atoms with Crippen LogP contribution in [0.4, 0.5) is 0 Å². The fraction of sp³-hybridized carbons (Fsp3) is 0.800. The zero-order chi connectivity index (χ0) is 18.7. The molecule has 0 aromatic carbocycles. The summed E-state index contributed by atoms with van der Waals surface area (Å²) in [4.78, 5) is 22.5. The number of hydrogen-bond acceptors (Lipinski definition) is 5. The first-order valence-corrected chi connectivity index (χ1v) is 9.72. The van der Waals surface area contributed by atoms with Gasteiger partial charge < -0.3 is 20.1 Å². The predicted octanol–water partition coefficient (Wildman–Crippen LogP) is 2.14. The van der Waals surface area contributed by atoms with Crippen LogP contribution in [0.1, 0.15) is 77.6 Å². The highest BCUT2D eigenvalue weighted by atomic mass is 16.4. The number of carbonyl (C=O) groups excluding carboxylic acids is 2. The molecule has 1 aliphatic carbocycles. The van der Waals surface area contributed by atoms with E-state index in [0.717, 1.165) is 38.5 Å². The number of ketones is 1. The van der Waals surface area contributed by atoms with Crippen molar-refractivity contribution in [2.24, 2.45) is 11.8 Å². The van der Waals surface area contributed by atoms with Crippen LogP contribution in [-0.4, -0.2) is 34.2 Å². The van der Waals surface area contributed by atoms with Gasteiger partial charge in [0.25, 0.3) is 0 Å². The number of aliphatic hydroxyl groups is 2. The Morgan fingerprint density at radius 1 is 1.24 bits per heavy atom. The van der Waals surface area contributed by atoms with Crippen molar-refractivity contribution in [3.8, 4) is 0 Å². The Bertz CT molecular complexity index is 432. The largest absolute Gasteiger partial charge is 0.550 e.